The number of likely N-dealkylation sites (tertiary alicyclic amines) is 1. The Bertz CT molecular complexity index is 558. The molecule has 2 aliphatic carbocycles. The summed E-state index contributed by atoms with van der Waals surface area (Å²) < 4.78 is 0. The molecular weight excluding hydrogens is 282 g/mol. The first-order chi connectivity index (χ1) is 10.3. The number of benzene rings is 1. The summed E-state index contributed by atoms with van der Waals surface area (Å²) in [5.41, 5.74) is 2.91. The summed E-state index contributed by atoms with van der Waals surface area (Å²) in [4.78, 5) is 15.0. The molecule has 112 valence electrons. The molecule has 4 atom stereocenters. The SMILES string of the molecule is O=C(C1C2CCc3ccccc3C21)N1CCCC(CCl)C1. The van der Waals surface area contributed by atoms with Crippen LogP contribution in [0.15, 0.2) is 24.3 Å². The summed E-state index contributed by atoms with van der Waals surface area (Å²) in [5.74, 6) is 2.93. The van der Waals surface area contributed by atoms with Crippen LogP contribution in [-0.2, 0) is 11.2 Å². The maximum atomic E-state index is 12.9. The number of aryl methyl sites for hydroxylation is 1. The Kier molecular flexibility index (Phi) is 3.45. The third-order valence-corrected chi connectivity index (χ3v) is 6.10. The van der Waals surface area contributed by atoms with Gasteiger partial charge in [-0.2, -0.15) is 0 Å². The predicted molar refractivity (Wildman–Crippen MR) is 84.5 cm³/mol. The molecule has 21 heavy (non-hydrogen) atoms. The van der Waals surface area contributed by atoms with E-state index >= 15 is 0 Å². The van der Waals surface area contributed by atoms with Crippen LogP contribution in [0.1, 0.15) is 36.3 Å². The van der Waals surface area contributed by atoms with Crippen LogP contribution < -0.4 is 0 Å². The number of carbonyl (C=O) groups excluding carboxylic acids is 1. The van der Waals surface area contributed by atoms with Gasteiger partial charge in [-0.15, -0.1) is 11.6 Å². The summed E-state index contributed by atoms with van der Waals surface area (Å²) in [6, 6.07) is 8.70. The molecule has 3 heteroatoms. The second-order valence-corrected chi connectivity index (χ2v) is 7.21. The molecule has 1 saturated carbocycles. The van der Waals surface area contributed by atoms with E-state index in [-0.39, 0.29) is 5.92 Å². The standard InChI is InChI=1S/C18H22ClNO/c19-10-12-4-3-9-20(11-12)18(21)17-15-8-7-13-5-1-2-6-14(13)16(15)17/h1-2,5-6,12,15-17H,3-4,7-11H2. The fraction of sp³-hybridized carbons (Fsp3) is 0.611. The van der Waals surface area contributed by atoms with Gasteiger partial charge in [0.15, 0.2) is 0 Å². The number of hydrogen-bond acceptors (Lipinski definition) is 1. The Balaban J connectivity index is 1.50. The second-order valence-electron chi connectivity index (χ2n) is 6.90. The predicted octanol–water partition coefficient (Wildman–Crippen LogP) is 3.44. The number of alkyl halides is 1. The van der Waals surface area contributed by atoms with Crippen LogP contribution in [0.4, 0.5) is 0 Å². The molecule has 2 nitrogen and oxygen atoms in total. The van der Waals surface area contributed by atoms with Gasteiger partial charge in [0, 0.05) is 24.9 Å². The van der Waals surface area contributed by atoms with Gasteiger partial charge in [0.2, 0.25) is 5.91 Å². The summed E-state index contributed by atoms with van der Waals surface area (Å²) in [7, 11) is 0. The quantitative estimate of drug-likeness (QED) is 0.767. The Labute approximate surface area is 131 Å². The Morgan fingerprint density at radius 2 is 2.14 bits per heavy atom. The number of nitrogens with zero attached hydrogens (tertiary/aromatic N) is 1. The molecule has 1 heterocycles. The van der Waals surface area contributed by atoms with Crippen LogP contribution in [0.25, 0.3) is 0 Å². The van der Waals surface area contributed by atoms with Crippen molar-refractivity contribution >= 4 is 17.5 Å². The van der Waals surface area contributed by atoms with Gasteiger partial charge in [0.25, 0.3) is 0 Å². The van der Waals surface area contributed by atoms with Crippen LogP contribution in [-0.4, -0.2) is 29.8 Å². The molecule has 1 aliphatic heterocycles. The largest absolute Gasteiger partial charge is 0.342 e. The lowest BCUT2D eigenvalue weighted by molar-refractivity contribution is -0.134. The van der Waals surface area contributed by atoms with Crippen molar-refractivity contribution in [2.75, 3.05) is 19.0 Å². The van der Waals surface area contributed by atoms with Crippen LogP contribution >= 0.6 is 11.6 Å². The summed E-state index contributed by atoms with van der Waals surface area (Å²) in [6.07, 6.45) is 4.62. The van der Waals surface area contributed by atoms with Crippen molar-refractivity contribution < 1.29 is 4.79 Å². The van der Waals surface area contributed by atoms with Gasteiger partial charge >= 0.3 is 0 Å². The van der Waals surface area contributed by atoms with E-state index in [9.17, 15) is 4.79 Å². The highest BCUT2D eigenvalue weighted by atomic mass is 35.5. The topological polar surface area (TPSA) is 20.3 Å². The molecule has 1 amide bonds. The zero-order valence-corrected chi connectivity index (χ0v) is 13.1. The minimum absolute atomic E-state index is 0.253. The highest BCUT2D eigenvalue weighted by molar-refractivity contribution is 6.18. The molecule has 4 rings (SSSR count). The zero-order valence-electron chi connectivity index (χ0n) is 12.3. The Hall–Kier alpha value is -1.02. The minimum atomic E-state index is 0.253. The number of amides is 1. The van der Waals surface area contributed by atoms with Crippen molar-refractivity contribution in [3.63, 3.8) is 0 Å². The van der Waals surface area contributed by atoms with Crippen molar-refractivity contribution in [1.29, 1.82) is 0 Å². The maximum absolute atomic E-state index is 12.9. The Morgan fingerprint density at radius 1 is 1.29 bits per heavy atom. The van der Waals surface area contributed by atoms with Gasteiger partial charge < -0.3 is 4.90 Å². The molecule has 1 aromatic carbocycles. The van der Waals surface area contributed by atoms with Gasteiger partial charge in [0.1, 0.15) is 0 Å². The lowest BCUT2D eigenvalue weighted by Gasteiger charge is -2.32. The molecule has 1 saturated heterocycles. The monoisotopic (exact) mass is 303 g/mol. The normalized spacial score (nSPS) is 34.0. The molecule has 0 N–H and O–H groups in total. The molecule has 2 fully saturated rings. The molecule has 0 radical (unpaired) electrons. The van der Waals surface area contributed by atoms with Crippen molar-refractivity contribution in [1.82, 2.24) is 4.90 Å². The van der Waals surface area contributed by atoms with E-state index in [0.29, 0.717) is 29.5 Å². The van der Waals surface area contributed by atoms with Crippen molar-refractivity contribution in [2.45, 2.75) is 31.6 Å². The first kappa shape index (κ1) is 13.6. The smallest absolute Gasteiger partial charge is 0.226 e. The molecule has 0 aromatic heterocycles. The van der Waals surface area contributed by atoms with E-state index in [2.05, 4.69) is 29.2 Å². The molecular formula is C18H22ClNO. The second kappa shape index (κ2) is 5.31. The Morgan fingerprint density at radius 3 is 3.00 bits per heavy atom. The summed E-state index contributed by atoms with van der Waals surface area (Å²) in [5, 5.41) is 0. The van der Waals surface area contributed by atoms with Crippen LogP contribution in [0.5, 0.6) is 0 Å². The van der Waals surface area contributed by atoms with Gasteiger partial charge in [-0.3, -0.25) is 4.79 Å². The minimum Gasteiger partial charge on any atom is -0.342 e. The number of halogens is 1. The first-order valence-corrected chi connectivity index (χ1v) is 8.75. The average Bonchev–Trinajstić information content (AvgIpc) is 3.29. The van der Waals surface area contributed by atoms with E-state index in [1.165, 1.54) is 24.0 Å². The van der Waals surface area contributed by atoms with E-state index in [1.54, 1.807) is 0 Å². The summed E-state index contributed by atoms with van der Waals surface area (Å²) >= 11 is 6.00. The molecule has 3 aliphatic rings. The van der Waals surface area contributed by atoms with Crippen LogP contribution in [0, 0.1) is 17.8 Å². The third kappa shape index (κ3) is 2.28. The van der Waals surface area contributed by atoms with Crippen LogP contribution in [0.2, 0.25) is 0 Å². The lowest BCUT2D eigenvalue weighted by Crippen LogP contribution is -2.41. The van der Waals surface area contributed by atoms with E-state index in [4.69, 9.17) is 11.6 Å². The fourth-order valence-electron chi connectivity index (χ4n) is 4.51. The molecule has 0 bridgehead atoms. The van der Waals surface area contributed by atoms with Crippen molar-refractivity contribution in [2.24, 2.45) is 17.8 Å². The van der Waals surface area contributed by atoms with E-state index in [0.717, 1.165) is 25.9 Å². The number of carbonyl (C=O) groups is 1. The molecule has 0 spiro atoms. The van der Waals surface area contributed by atoms with Gasteiger partial charge in [-0.25, -0.2) is 0 Å². The highest BCUT2D eigenvalue weighted by Gasteiger charge is 2.58. The number of hydrogen-bond donors (Lipinski definition) is 0. The van der Waals surface area contributed by atoms with Gasteiger partial charge in [0.05, 0.1) is 0 Å². The molecule has 4 unspecified atom stereocenters. The molecule has 1 aromatic rings. The number of fused-ring (bicyclic) bond motifs is 3. The number of piperidine rings is 1. The van der Waals surface area contributed by atoms with Crippen LogP contribution in [0.3, 0.4) is 0 Å². The fourth-order valence-corrected chi connectivity index (χ4v) is 4.76. The van der Waals surface area contributed by atoms with Crippen molar-refractivity contribution in [3.8, 4) is 0 Å². The van der Waals surface area contributed by atoms with E-state index < -0.39 is 0 Å². The lowest BCUT2D eigenvalue weighted by atomic mass is 9.92. The van der Waals surface area contributed by atoms with Gasteiger partial charge in [-0.05, 0) is 54.6 Å². The maximum Gasteiger partial charge on any atom is 0.226 e. The first-order valence-electron chi connectivity index (χ1n) is 8.22. The number of rotatable bonds is 2. The third-order valence-electron chi connectivity index (χ3n) is 5.66. The average molecular weight is 304 g/mol. The zero-order chi connectivity index (χ0) is 14.4. The van der Waals surface area contributed by atoms with Gasteiger partial charge in [-0.1, -0.05) is 24.3 Å². The summed E-state index contributed by atoms with van der Waals surface area (Å²) in [6.45, 7) is 1.81. The van der Waals surface area contributed by atoms with Crippen molar-refractivity contribution in [3.05, 3.63) is 35.4 Å². The van der Waals surface area contributed by atoms with E-state index in [1.807, 2.05) is 0 Å². The highest BCUT2D eigenvalue weighted by Crippen LogP contribution is 2.60.